The van der Waals surface area contributed by atoms with E-state index < -0.39 is 11.8 Å². The van der Waals surface area contributed by atoms with E-state index in [0.717, 1.165) is 12.1 Å². The second-order valence-corrected chi connectivity index (χ2v) is 4.30. The summed E-state index contributed by atoms with van der Waals surface area (Å²) in [5.74, 6) is -2.28. The molecular weight excluding hydrogens is 253 g/mol. The number of halogens is 1. The Morgan fingerprint density at radius 2 is 2.05 bits per heavy atom. The average molecular weight is 269 g/mol. The molecule has 0 heterocycles. The molecule has 1 aromatic carbocycles. The van der Waals surface area contributed by atoms with Gasteiger partial charge in [0.05, 0.1) is 17.8 Å². The molecule has 0 atom stereocenters. The van der Waals surface area contributed by atoms with E-state index in [9.17, 15) is 14.0 Å². The second-order valence-electron chi connectivity index (χ2n) is 4.30. The van der Waals surface area contributed by atoms with Crippen molar-refractivity contribution in [3.63, 3.8) is 0 Å². The molecule has 0 radical (unpaired) electrons. The van der Waals surface area contributed by atoms with Crippen LogP contribution in [0.4, 0.5) is 15.8 Å². The van der Waals surface area contributed by atoms with E-state index in [1.54, 1.807) is 13.8 Å². The van der Waals surface area contributed by atoms with Gasteiger partial charge in [-0.25, -0.2) is 9.18 Å². The smallest absolute Gasteiger partial charge is 0.337 e. The van der Waals surface area contributed by atoms with Gasteiger partial charge in [-0.3, -0.25) is 4.79 Å². The van der Waals surface area contributed by atoms with Gasteiger partial charge in [0.2, 0.25) is 5.91 Å². The first-order valence-electron chi connectivity index (χ1n) is 5.66. The molecule has 0 spiro atoms. The van der Waals surface area contributed by atoms with Crippen molar-refractivity contribution >= 4 is 23.3 Å². The number of amides is 1. The van der Waals surface area contributed by atoms with Crippen molar-refractivity contribution in [3.8, 4) is 0 Å². The van der Waals surface area contributed by atoms with Crippen LogP contribution in [0.3, 0.4) is 0 Å². The maximum atomic E-state index is 13.5. The summed E-state index contributed by atoms with van der Waals surface area (Å²) in [6.45, 7) is 3.44. The Morgan fingerprint density at radius 1 is 1.42 bits per heavy atom. The quantitative estimate of drug-likeness (QED) is 0.598. The Morgan fingerprint density at radius 3 is 2.58 bits per heavy atom. The normalized spacial score (nSPS) is 10.3. The molecule has 0 aliphatic rings. The van der Waals surface area contributed by atoms with Crippen LogP contribution >= 0.6 is 0 Å². The number of nitrogens with one attached hydrogen (secondary N) is 2. The second kappa shape index (κ2) is 6.03. The van der Waals surface area contributed by atoms with Gasteiger partial charge < -0.3 is 21.5 Å². The SMILES string of the molecule is CC(C)NC(=O)CNc1cc(C(=O)O)c(N)cc1F. The highest BCUT2D eigenvalue weighted by Gasteiger charge is 2.13. The third-order valence-corrected chi connectivity index (χ3v) is 2.26. The summed E-state index contributed by atoms with van der Waals surface area (Å²) in [5.41, 5.74) is 4.93. The largest absolute Gasteiger partial charge is 0.478 e. The molecular formula is C12H16FN3O3. The number of aromatic carboxylic acids is 1. The number of hydrogen-bond acceptors (Lipinski definition) is 4. The molecule has 0 unspecified atom stereocenters. The minimum atomic E-state index is -1.26. The Hall–Kier alpha value is -2.31. The van der Waals surface area contributed by atoms with E-state index in [-0.39, 0.29) is 35.4 Å². The molecule has 0 saturated heterocycles. The summed E-state index contributed by atoms with van der Waals surface area (Å²) >= 11 is 0. The van der Waals surface area contributed by atoms with Crippen LogP contribution < -0.4 is 16.4 Å². The fourth-order valence-electron chi connectivity index (χ4n) is 1.46. The number of hydrogen-bond donors (Lipinski definition) is 4. The molecule has 5 N–H and O–H groups in total. The van der Waals surface area contributed by atoms with Crippen LogP contribution in [0.5, 0.6) is 0 Å². The number of carbonyl (C=O) groups excluding carboxylic acids is 1. The third-order valence-electron chi connectivity index (χ3n) is 2.26. The topological polar surface area (TPSA) is 104 Å². The molecule has 1 aromatic rings. The maximum absolute atomic E-state index is 13.5. The minimum absolute atomic E-state index is 0.0276. The standard InChI is InChI=1S/C12H16FN3O3/c1-6(2)16-11(17)5-15-10-3-7(12(18)19)9(14)4-8(10)13/h3-4,6,15H,5,14H2,1-2H3,(H,16,17)(H,18,19). The minimum Gasteiger partial charge on any atom is -0.478 e. The molecule has 1 amide bonds. The van der Waals surface area contributed by atoms with Crippen molar-refractivity contribution in [2.75, 3.05) is 17.6 Å². The highest BCUT2D eigenvalue weighted by Crippen LogP contribution is 2.22. The first-order chi connectivity index (χ1) is 8.81. The average Bonchev–Trinajstić information content (AvgIpc) is 2.26. The number of nitrogen functional groups attached to an aromatic ring is 1. The summed E-state index contributed by atoms with van der Waals surface area (Å²) in [6.07, 6.45) is 0. The lowest BCUT2D eigenvalue weighted by atomic mass is 10.1. The zero-order chi connectivity index (χ0) is 14.6. The van der Waals surface area contributed by atoms with Gasteiger partial charge in [0.15, 0.2) is 0 Å². The van der Waals surface area contributed by atoms with E-state index in [0.29, 0.717) is 0 Å². The van der Waals surface area contributed by atoms with E-state index in [4.69, 9.17) is 10.8 Å². The van der Waals surface area contributed by atoms with Crippen molar-refractivity contribution in [3.05, 3.63) is 23.5 Å². The Kier molecular flexibility index (Phi) is 4.68. The monoisotopic (exact) mass is 269 g/mol. The summed E-state index contributed by atoms with van der Waals surface area (Å²) in [6, 6.07) is 1.95. The van der Waals surface area contributed by atoms with E-state index in [1.807, 2.05) is 0 Å². The summed E-state index contributed by atoms with van der Waals surface area (Å²) < 4.78 is 13.5. The zero-order valence-electron chi connectivity index (χ0n) is 10.7. The molecule has 1 rings (SSSR count). The van der Waals surface area contributed by atoms with Crippen LogP contribution in [0.2, 0.25) is 0 Å². The van der Waals surface area contributed by atoms with Gasteiger partial charge in [-0.05, 0) is 26.0 Å². The molecule has 19 heavy (non-hydrogen) atoms. The fraction of sp³-hybridized carbons (Fsp3) is 0.333. The molecule has 0 aromatic heterocycles. The first-order valence-corrected chi connectivity index (χ1v) is 5.66. The Labute approximate surface area is 109 Å². The van der Waals surface area contributed by atoms with E-state index >= 15 is 0 Å². The molecule has 104 valence electrons. The lowest BCUT2D eigenvalue weighted by molar-refractivity contribution is -0.119. The van der Waals surface area contributed by atoms with Gasteiger partial charge in [0.1, 0.15) is 5.82 Å². The Bertz CT molecular complexity index is 503. The number of carboxylic acids is 1. The third kappa shape index (κ3) is 4.13. The van der Waals surface area contributed by atoms with Crippen molar-refractivity contribution in [2.45, 2.75) is 19.9 Å². The number of carbonyl (C=O) groups is 2. The molecule has 6 nitrogen and oxygen atoms in total. The van der Waals surface area contributed by atoms with Crippen molar-refractivity contribution < 1.29 is 19.1 Å². The maximum Gasteiger partial charge on any atom is 0.337 e. The molecule has 7 heteroatoms. The van der Waals surface area contributed by atoms with Crippen molar-refractivity contribution in [2.24, 2.45) is 0 Å². The van der Waals surface area contributed by atoms with Crippen LogP contribution in [-0.2, 0) is 4.79 Å². The van der Waals surface area contributed by atoms with Crippen LogP contribution in [0.25, 0.3) is 0 Å². The molecule has 0 bridgehead atoms. The van der Waals surface area contributed by atoms with Gasteiger partial charge in [0, 0.05) is 11.7 Å². The number of carboxylic acid groups (broad SMARTS) is 1. The van der Waals surface area contributed by atoms with Crippen LogP contribution in [-0.4, -0.2) is 29.6 Å². The van der Waals surface area contributed by atoms with E-state index in [2.05, 4.69) is 10.6 Å². The van der Waals surface area contributed by atoms with Crippen LogP contribution in [0, 0.1) is 5.82 Å². The number of anilines is 2. The highest BCUT2D eigenvalue weighted by atomic mass is 19.1. The summed E-state index contributed by atoms with van der Waals surface area (Å²) in [5, 5.41) is 14.0. The lowest BCUT2D eigenvalue weighted by Gasteiger charge is -2.12. The zero-order valence-corrected chi connectivity index (χ0v) is 10.7. The van der Waals surface area contributed by atoms with Crippen molar-refractivity contribution in [1.82, 2.24) is 5.32 Å². The van der Waals surface area contributed by atoms with Gasteiger partial charge in [-0.15, -0.1) is 0 Å². The molecule has 0 saturated carbocycles. The highest BCUT2D eigenvalue weighted by molar-refractivity contribution is 5.95. The van der Waals surface area contributed by atoms with Crippen LogP contribution in [0.1, 0.15) is 24.2 Å². The molecule has 0 aliphatic heterocycles. The van der Waals surface area contributed by atoms with Gasteiger partial charge >= 0.3 is 5.97 Å². The lowest BCUT2D eigenvalue weighted by Crippen LogP contribution is -2.35. The van der Waals surface area contributed by atoms with E-state index in [1.165, 1.54) is 0 Å². The number of rotatable bonds is 5. The summed E-state index contributed by atoms with van der Waals surface area (Å²) in [7, 11) is 0. The predicted molar refractivity (Wildman–Crippen MR) is 69.5 cm³/mol. The Balaban J connectivity index is 2.81. The number of nitrogens with two attached hydrogens (primary N) is 1. The predicted octanol–water partition coefficient (Wildman–Crippen LogP) is 1.04. The van der Waals surface area contributed by atoms with Gasteiger partial charge in [-0.2, -0.15) is 0 Å². The summed E-state index contributed by atoms with van der Waals surface area (Å²) in [4.78, 5) is 22.2. The fourth-order valence-corrected chi connectivity index (χ4v) is 1.46. The number of benzene rings is 1. The van der Waals surface area contributed by atoms with Gasteiger partial charge in [-0.1, -0.05) is 0 Å². The van der Waals surface area contributed by atoms with Crippen LogP contribution in [0.15, 0.2) is 12.1 Å². The van der Waals surface area contributed by atoms with Crippen molar-refractivity contribution in [1.29, 1.82) is 0 Å². The first kappa shape index (κ1) is 14.7. The molecule has 0 fully saturated rings. The molecule has 0 aliphatic carbocycles. The van der Waals surface area contributed by atoms with Gasteiger partial charge in [0.25, 0.3) is 0 Å².